The zero-order valence-electron chi connectivity index (χ0n) is 10.9. The largest absolute Gasteiger partial charge is 0.338 e. The highest BCUT2D eigenvalue weighted by Gasteiger charge is 2.48. The van der Waals surface area contributed by atoms with E-state index >= 15 is 0 Å². The molecule has 2 heterocycles. The van der Waals surface area contributed by atoms with Gasteiger partial charge in [-0.25, -0.2) is 0 Å². The first-order valence-electron chi connectivity index (χ1n) is 7.20. The van der Waals surface area contributed by atoms with Gasteiger partial charge in [-0.15, -0.1) is 0 Å². The zero-order valence-corrected chi connectivity index (χ0v) is 10.9. The van der Waals surface area contributed by atoms with Crippen molar-refractivity contribution >= 4 is 5.91 Å². The predicted molar refractivity (Wildman–Crippen MR) is 67.7 cm³/mol. The van der Waals surface area contributed by atoms with E-state index < -0.39 is 5.41 Å². The number of carbonyl (C=O) groups excluding carboxylic acids is 1. The molecule has 1 saturated carbocycles. The lowest BCUT2D eigenvalue weighted by atomic mass is 9.69. The van der Waals surface area contributed by atoms with E-state index in [2.05, 4.69) is 11.0 Å². The molecule has 2 aliphatic heterocycles. The number of nitrogens with zero attached hydrogens (tertiary/aromatic N) is 3. The van der Waals surface area contributed by atoms with Crippen molar-refractivity contribution in [1.82, 2.24) is 9.80 Å². The minimum absolute atomic E-state index is 0.112. The Morgan fingerprint density at radius 1 is 1.17 bits per heavy atom. The third-order valence-corrected chi connectivity index (χ3v) is 4.96. The van der Waals surface area contributed by atoms with Gasteiger partial charge >= 0.3 is 0 Å². The van der Waals surface area contributed by atoms with Gasteiger partial charge in [0.15, 0.2) is 0 Å². The molecule has 0 radical (unpaired) electrons. The Morgan fingerprint density at radius 2 is 2.00 bits per heavy atom. The van der Waals surface area contributed by atoms with Crippen LogP contribution in [-0.2, 0) is 4.79 Å². The third-order valence-electron chi connectivity index (χ3n) is 4.96. The summed E-state index contributed by atoms with van der Waals surface area (Å²) in [5.74, 6) is 0.112. The van der Waals surface area contributed by atoms with Gasteiger partial charge in [-0.3, -0.25) is 9.69 Å². The fourth-order valence-electron chi connectivity index (χ4n) is 3.55. The van der Waals surface area contributed by atoms with Crippen molar-refractivity contribution in [2.24, 2.45) is 5.41 Å². The topological polar surface area (TPSA) is 47.3 Å². The summed E-state index contributed by atoms with van der Waals surface area (Å²) >= 11 is 0. The number of hydrogen-bond donors (Lipinski definition) is 0. The van der Waals surface area contributed by atoms with Crippen molar-refractivity contribution in [3.05, 3.63) is 0 Å². The van der Waals surface area contributed by atoms with Crippen LogP contribution in [-0.4, -0.2) is 47.9 Å². The number of rotatable bonds is 1. The van der Waals surface area contributed by atoms with Crippen LogP contribution < -0.4 is 0 Å². The summed E-state index contributed by atoms with van der Waals surface area (Å²) in [4.78, 5) is 17.0. The molecule has 2 saturated heterocycles. The molecule has 0 aromatic carbocycles. The molecule has 0 aromatic rings. The molecule has 0 bridgehead atoms. The SMILES string of the molecule is N#CC1(C(=O)N2CCN3CCCCC3C2)CCC1. The van der Waals surface area contributed by atoms with Gasteiger partial charge in [-0.1, -0.05) is 6.42 Å². The standard InChI is InChI=1S/C14H21N3O/c15-11-14(5-3-6-14)13(18)17-9-8-16-7-2-1-4-12(16)10-17/h12H,1-10H2. The first-order chi connectivity index (χ1) is 8.75. The van der Waals surface area contributed by atoms with Crippen LogP contribution in [0.1, 0.15) is 38.5 Å². The van der Waals surface area contributed by atoms with Crippen LogP contribution in [0.3, 0.4) is 0 Å². The van der Waals surface area contributed by atoms with Crippen LogP contribution in [0, 0.1) is 16.7 Å². The molecule has 0 spiro atoms. The Bertz CT molecular complexity index is 383. The lowest BCUT2D eigenvalue weighted by Crippen LogP contribution is -2.59. The van der Waals surface area contributed by atoms with Gasteiger partial charge in [-0.2, -0.15) is 5.26 Å². The van der Waals surface area contributed by atoms with Gasteiger partial charge in [-0.05, 0) is 38.6 Å². The quantitative estimate of drug-likeness (QED) is 0.703. The highest BCUT2D eigenvalue weighted by molar-refractivity contribution is 5.86. The molecule has 0 aromatic heterocycles. The molecular weight excluding hydrogens is 226 g/mol. The number of amides is 1. The molecule has 0 N–H and O–H groups in total. The summed E-state index contributed by atoms with van der Waals surface area (Å²) in [5.41, 5.74) is -0.656. The molecule has 4 nitrogen and oxygen atoms in total. The van der Waals surface area contributed by atoms with Gasteiger partial charge in [0.05, 0.1) is 6.07 Å². The highest BCUT2D eigenvalue weighted by Crippen LogP contribution is 2.42. The minimum atomic E-state index is -0.656. The smallest absolute Gasteiger partial charge is 0.243 e. The molecule has 4 heteroatoms. The van der Waals surface area contributed by atoms with Gasteiger partial charge in [0.25, 0.3) is 0 Å². The molecule has 98 valence electrons. The molecule has 1 aliphatic carbocycles. The Hall–Kier alpha value is -1.08. The predicted octanol–water partition coefficient (Wildman–Crippen LogP) is 1.38. The summed E-state index contributed by atoms with van der Waals surface area (Å²) in [6, 6.07) is 2.83. The van der Waals surface area contributed by atoms with E-state index in [0.29, 0.717) is 6.04 Å². The fraction of sp³-hybridized carbons (Fsp3) is 0.857. The summed E-state index contributed by atoms with van der Waals surface area (Å²) < 4.78 is 0. The lowest BCUT2D eigenvalue weighted by Gasteiger charge is -2.47. The Kier molecular flexibility index (Phi) is 3.03. The van der Waals surface area contributed by atoms with Crippen LogP contribution in [0.4, 0.5) is 0 Å². The lowest BCUT2D eigenvalue weighted by molar-refractivity contribution is -0.146. The van der Waals surface area contributed by atoms with Crippen molar-refractivity contribution in [3.8, 4) is 6.07 Å². The van der Waals surface area contributed by atoms with Crippen LogP contribution >= 0.6 is 0 Å². The van der Waals surface area contributed by atoms with E-state index in [1.807, 2.05) is 4.90 Å². The second-order valence-electron chi connectivity index (χ2n) is 5.98. The molecule has 1 atom stereocenters. The highest BCUT2D eigenvalue weighted by atomic mass is 16.2. The number of fused-ring (bicyclic) bond motifs is 1. The van der Waals surface area contributed by atoms with E-state index in [1.165, 1.54) is 25.8 Å². The van der Waals surface area contributed by atoms with Gasteiger partial charge < -0.3 is 4.90 Å². The van der Waals surface area contributed by atoms with E-state index in [9.17, 15) is 10.1 Å². The Morgan fingerprint density at radius 3 is 2.67 bits per heavy atom. The molecule has 3 fully saturated rings. The van der Waals surface area contributed by atoms with Crippen molar-refractivity contribution in [3.63, 3.8) is 0 Å². The van der Waals surface area contributed by atoms with Gasteiger partial charge in [0, 0.05) is 25.7 Å². The Labute approximate surface area is 109 Å². The number of nitriles is 1. The monoisotopic (exact) mass is 247 g/mol. The summed E-state index contributed by atoms with van der Waals surface area (Å²) in [6.45, 7) is 3.86. The molecule has 1 amide bonds. The van der Waals surface area contributed by atoms with Crippen LogP contribution in [0.2, 0.25) is 0 Å². The maximum absolute atomic E-state index is 12.5. The summed E-state index contributed by atoms with van der Waals surface area (Å²) in [5, 5.41) is 9.26. The summed E-state index contributed by atoms with van der Waals surface area (Å²) in [6.07, 6.45) is 6.37. The number of piperazine rings is 1. The number of hydrogen-bond acceptors (Lipinski definition) is 3. The first-order valence-corrected chi connectivity index (χ1v) is 7.20. The van der Waals surface area contributed by atoms with E-state index in [4.69, 9.17) is 0 Å². The average molecular weight is 247 g/mol. The van der Waals surface area contributed by atoms with Crippen molar-refractivity contribution < 1.29 is 4.79 Å². The first kappa shape index (κ1) is 12.0. The molecule has 3 aliphatic rings. The van der Waals surface area contributed by atoms with Crippen LogP contribution in [0.5, 0.6) is 0 Å². The second kappa shape index (κ2) is 4.55. The minimum Gasteiger partial charge on any atom is -0.338 e. The number of piperidine rings is 1. The van der Waals surface area contributed by atoms with Crippen LogP contribution in [0.15, 0.2) is 0 Å². The van der Waals surface area contributed by atoms with Crippen molar-refractivity contribution in [2.75, 3.05) is 26.2 Å². The van der Waals surface area contributed by atoms with Crippen molar-refractivity contribution in [1.29, 1.82) is 5.26 Å². The van der Waals surface area contributed by atoms with E-state index in [0.717, 1.165) is 38.9 Å². The molecular formula is C14H21N3O. The summed E-state index contributed by atoms with van der Waals surface area (Å²) in [7, 11) is 0. The molecule has 1 unspecified atom stereocenters. The van der Waals surface area contributed by atoms with Crippen molar-refractivity contribution in [2.45, 2.75) is 44.6 Å². The van der Waals surface area contributed by atoms with Gasteiger partial charge in [0.2, 0.25) is 5.91 Å². The molecule has 3 rings (SSSR count). The Balaban J connectivity index is 1.67. The van der Waals surface area contributed by atoms with E-state index in [-0.39, 0.29) is 5.91 Å². The van der Waals surface area contributed by atoms with Gasteiger partial charge in [0.1, 0.15) is 5.41 Å². The molecule has 18 heavy (non-hydrogen) atoms. The maximum atomic E-state index is 12.5. The zero-order chi connectivity index (χ0) is 12.6. The van der Waals surface area contributed by atoms with E-state index in [1.54, 1.807) is 0 Å². The third kappa shape index (κ3) is 1.81. The second-order valence-corrected chi connectivity index (χ2v) is 5.98. The van der Waals surface area contributed by atoms with Crippen LogP contribution in [0.25, 0.3) is 0 Å². The maximum Gasteiger partial charge on any atom is 0.243 e. The normalized spacial score (nSPS) is 31.1. The average Bonchev–Trinajstić information content (AvgIpc) is 2.37. The fourth-order valence-corrected chi connectivity index (χ4v) is 3.55. The number of carbonyl (C=O) groups is 1.